The molecule has 3 rings (SSSR count). The van der Waals surface area contributed by atoms with E-state index in [-0.39, 0.29) is 5.91 Å². The summed E-state index contributed by atoms with van der Waals surface area (Å²) in [5.41, 5.74) is 6.74. The summed E-state index contributed by atoms with van der Waals surface area (Å²) in [5, 5.41) is 0.393. The number of rotatable bonds is 3. The predicted molar refractivity (Wildman–Crippen MR) is 96.8 cm³/mol. The van der Waals surface area contributed by atoms with Gasteiger partial charge in [-0.15, -0.1) is 0 Å². The third-order valence-corrected chi connectivity index (χ3v) is 5.52. The quantitative estimate of drug-likeness (QED) is 0.850. The van der Waals surface area contributed by atoms with Gasteiger partial charge in [-0.1, -0.05) is 11.6 Å². The number of nitrogen functional groups attached to an aromatic ring is 1. The average molecular weight is 352 g/mol. The van der Waals surface area contributed by atoms with E-state index in [4.69, 9.17) is 22.1 Å². The highest BCUT2D eigenvalue weighted by atomic mass is 35.5. The van der Waals surface area contributed by atoms with Crippen LogP contribution in [-0.2, 0) is 0 Å². The molecule has 2 aliphatic rings. The van der Waals surface area contributed by atoms with Gasteiger partial charge < -0.3 is 20.3 Å². The van der Waals surface area contributed by atoms with E-state index in [1.54, 1.807) is 19.2 Å². The van der Waals surface area contributed by atoms with Gasteiger partial charge in [0.25, 0.3) is 5.91 Å². The number of hydrogen-bond donors (Lipinski definition) is 1. The Balaban J connectivity index is 1.72. The summed E-state index contributed by atoms with van der Waals surface area (Å²) in [4.78, 5) is 17.5. The highest BCUT2D eigenvalue weighted by Crippen LogP contribution is 2.30. The molecule has 132 valence electrons. The van der Waals surface area contributed by atoms with Crippen LogP contribution in [0, 0.1) is 0 Å². The first kappa shape index (κ1) is 17.4. The molecule has 0 saturated carbocycles. The molecule has 24 heavy (non-hydrogen) atoms. The number of hydrogen-bond acceptors (Lipinski definition) is 4. The third kappa shape index (κ3) is 3.62. The topological polar surface area (TPSA) is 58.8 Å². The predicted octanol–water partition coefficient (Wildman–Crippen LogP) is 3.02. The van der Waals surface area contributed by atoms with Crippen molar-refractivity contribution in [3.05, 3.63) is 22.7 Å². The standard InChI is InChI=1S/C18H26ClN3O2/c1-24-17-12-16(20)15(19)11-14(17)18(23)22-9-4-5-13(6-10-22)21-7-2-3-8-21/h11-13H,2-10,20H2,1H3. The summed E-state index contributed by atoms with van der Waals surface area (Å²) < 4.78 is 5.33. The lowest BCUT2D eigenvalue weighted by Gasteiger charge is -2.26. The molecule has 0 aliphatic carbocycles. The van der Waals surface area contributed by atoms with Crippen molar-refractivity contribution in [3.8, 4) is 5.75 Å². The lowest BCUT2D eigenvalue weighted by Crippen LogP contribution is -2.35. The number of ether oxygens (including phenoxy) is 1. The Morgan fingerprint density at radius 1 is 1.17 bits per heavy atom. The van der Waals surface area contributed by atoms with Crippen LogP contribution >= 0.6 is 11.6 Å². The van der Waals surface area contributed by atoms with Crippen molar-refractivity contribution in [2.75, 3.05) is 39.0 Å². The summed E-state index contributed by atoms with van der Waals surface area (Å²) in [6, 6.07) is 3.86. The first-order valence-corrected chi connectivity index (χ1v) is 9.14. The Labute approximate surface area is 148 Å². The average Bonchev–Trinajstić information content (AvgIpc) is 3.01. The molecule has 2 N–H and O–H groups in total. The molecular formula is C18H26ClN3O2. The van der Waals surface area contributed by atoms with Crippen LogP contribution in [0.5, 0.6) is 5.75 Å². The largest absolute Gasteiger partial charge is 0.496 e. The summed E-state index contributed by atoms with van der Waals surface area (Å²) in [6.07, 6.45) is 5.86. The number of carbonyl (C=O) groups is 1. The van der Waals surface area contributed by atoms with Gasteiger partial charge in [0, 0.05) is 25.2 Å². The minimum absolute atomic E-state index is 0.0178. The number of benzene rings is 1. The monoisotopic (exact) mass is 351 g/mol. The fraction of sp³-hybridized carbons (Fsp3) is 0.611. The van der Waals surface area contributed by atoms with Crippen LogP contribution in [-0.4, -0.2) is 55.0 Å². The number of amides is 1. The van der Waals surface area contributed by atoms with Gasteiger partial charge in [0.15, 0.2) is 0 Å². The molecule has 1 unspecified atom stereocenters. The van der Waals surface area contributed by atoms with Crippen LogP contribution in [0.4, 0.5) is 5.69 Å². The van der Waals surface area contributed by atoms with Crippen LogP contribution in [0.3, 0.4) is 0 Å². The molecule has 2 saturated heterocycles. The normalized spacial score (nSPS) is 22.4. The number of likely N-dealkylation sites (tertiary alicyclic amines) is 2. The van der Waals surface area contributed by atoms with Crippen LogP contribution in [0.15, 0.2) is 12.1 Å². The second-order valence-electron chi connectivity index (χ2n) is 6.69. The van der Waals surface area contributed by atoms with Crippen LogP contribution < -0.4 is 10.5 Å². The molecule has 2 fully saturated rings. The Kier molecular flexibility index (Phi) is 5.51. The van der Waals surface area contributed by atoms with E-state index < -0.39 is 0 Å². The fourth-order valence-electron chi connectivity index (χ4n) is 3.83. The van der Waals surface area contributed by atoms with Gasteiger partial charge in [0.1, 0.15) is 5.75 Å². The molecule has 2 heterocycles. The maximum atomic E-state index is 13.0. The smallest absolute Gasteiger partial charge is 0.257 e. The van der Waals surface area contributed by atoms with Gasteiger partial charge in [0.05, 0.1) is 23.4 Å². The van der Waals surface area contributed by atoms with E-state index in [1.165, 1.54) is 32.4 Å². The van der Waals surface area contributed by atoms with Crippen molar-refractivity contribution in [1.82, 2.24) is 9.80 Å². The first-order chi connectivity index (χ1) is 11.6. The van der Waals surface area contributed by atoms with Gasteiger partial charge in [0.2, 0.25) is 0 Å². The molecule has 1 atom stereocenters. The molecule has 0 radical (unpaired) electrons. The molecule has 1 amide bonds. The summed E-state index contributed by atoms with van der Waals surface area (Å²) in [5.74, 6) is 0.470. The Morgan fingerprint density at radius 2 is 1.92 bits per heavy atom. The van der Waals surface area contributed by atoms with Gasteiger partial charge in [-0.25, -0.2) is 0 Å². The van der Waals surface area contributed by atoms with Crippen LogP contribution in [0.25, 0.3) is 0 Å². The molecule has 1 aromatic carbocycles. The molecule has 0 bridgehead atoms. The minimum atomic E-state index is -0.0178. The van der Waals surface area contributed by atoms with E-state index >= 15 is 0 Å². The highest BCUT2D eigenvalue weighted by Gasteiger charge is 2.28. The van der Waals surface area contributed by atoms with Gasteiger partial charge in [-0.3, -0.25) is 4.79 Å². The number of anilines is 1. The molecule has 5 nitrogen and oxygen atoms in total. The van der Waals surface area contributed by atoms with Crippen molar-refractivity contribution >= 4 is 23.2 Å². The molecule has 1 aromatic rings. The van der Waals surface area contributed by atoms with Crippen LogP contribution in [0.1, 0.15) is 42.5 Å². The molecule has 6 heteroatoms. The number of carbonyl (C=O) groups excluding carboxylic acids is 1. The SMILES string of the molecule is COc1cc(N)c(Cl)cc1C(=O)N1CCCC(N2CCCC2)CC1. The number of halogens is 1. The van der Waals surface area contributed by atoms with Gasteiger partial charge >= 0.3 is 0 Å². The lowest BCUT2D eigenvalue weighted by molar-refractivity contribution is 0.0754. The molecule has 0 aromatic heterocycles. The highest BCUT2D eigenvalue weighted by molar-refractivity contribution is 6.33. The summed E-state index contributed by atoms with van der Waals surface area (Å²) >= 11 is 6.11. The van der Waals surface area contributed by atoms with Crippen molar-refractivity contribution < 1.29 is 9.53 Å². The zero-order valence-electron chi connectivity index (χ0n) is 14.3. The van der Waals surface area contributed by atoms with E-state index in [9.17, 15) is 4.79 Å². The second kappa shape index (κ2) is 7.62. The summed E-state index contributed by atoms with van der Waals surface area (Å²) in [6.45, 7) is 3.99. The number of nitrogens with two attached hydrogens (primary N) is 1. The zero-order valence-corrected chi connectivity index (χ0v) is 15.0. The van der Waals surface area contributed by atoms with E-state index in [0.717, 1.165) is 25.9 Å². The van der Waals surface area contributed by atoms with Crippen LogP contribution in [0.2, 0.25) is 5.02 Å². The maximum absolute atomic E-state index is 13.0. The van der Waals surface area contributed by atoms with E-state index in [0.29, 0.717) is 28.1 Å². The number of nitrogens with zero attached hydrogens (tertiary/aromatic N) is 2. The van der Waals surface area contributed by atoms with Gasteiger partial charge in [-0.2, -0.15) is 0 Å². The Morgan fingerprint density at radius 3 is 2.62 bits per heavy atom. The Bertz CT molecular complexity index is 602. The van der Waals surface area contributed by atoms with E-state index in [2.05, 4.69) is 4.90 Å². The third-order valence-electron chi connectivity index (χ3n) is 5.19. The fourth-order valence-corrected chi connectivity index (χ4v) is 3.99. The zero-order chi connectivity index (χ0) is 17.1. The van der Waals surface area contributed by atoms with Crippen molar-refractivity contribution in [3.63, 3.8) is 0 Å². The Hall–Kier alpha value is -1.46. The van der Waals surface area contributed by atoms with Crippen molar-refractivity contribution in [1.29, 1.82) is 0 Å². The number of methoxy groups -OCH3 is 1. The molecule has 0 spiro atoms. The molecule has 2 aliphatic heterocycles. The van der Waals surface area contributed by atoms with Gasteiger partial charge in [-0.05, 0) is 51.3 Å². The van der Waals surface area contributed by atoms with E-state index in [1.807, 2.05) is 4.90 Å². The lowest BCUT2D eigenvalue weighted by atomic mass is 10.1. The van der Waals surface area contributed by atoms with Crippen molar-refractivity contribution in [2.45, 2.75) is 38.1 Å². The second-order valence-corrected chi connectivity index (χ2v) is 7.10. The minimum Gasteiger partial charge on any atom is -0.496 e. The maximum Gasteiger partial charge on any atom is 0.257 e. The van der Waals surface area contributed by atoms with Crippen molar-refractivity contribution in [2.24, 2.45) is 0 Å². The first-order valence-electron chi connectivity index (χ1n) is 8.76. The summed E-state index contributed by atoms with van der Waals surface area (Å²) in [7, 11) is 1.55. The molecular weight excluding hydrogens is 326 g/mol.